The number of rotatable bonds is 3. The molecule has 1 aromatic heterocycles. The maximum atomic E-state index is 12.1. The van der Waals surface area contributed by atoms with E-state index in [4.69, 9.17) is 0 Å². The molecule has 2 rings (SSSR count). The summed E-state index contributed by atoms with van der Waals surface area (Å²) in [5, 5.41) is 2.88. The Kier molecular flexibility index (Phi) is 4.93. The summed E-state index contributed by atoms with van der Waals surface area (Å²) < 4.78 is 0. The zero-order valence-corrected chi connectivity index (χ0v) is 12.6. The molecule has 110 valence electrons. The molecular weight excluding hydrogens is 252 g/mol. The van der Waals surface area contributed by atoms with E-state index in [1.165, 1.54) is 25.7 Å². The third kappa shape index (κ3) is 3.92. The monoisotopic (exact) mass is 276 g/mol. The van der Waals surface area contributed by atoms with Crippen LogP contribution in [0.5, 0.6) is 0 Å². The van der Waals surface area contributed by atoms with E-state index in [-0.39, 0.29) is 11.9 Å². The van der Waals surface area contributed by atoms with Crippen molar-refractivity contribution < 1.29 is 4.79 Å². The number of carbonyl (C=O) groups is 1. The van der Waals surface area contributed by atoms with Crippen LogP contribution in [0.15, 0.2) is 6.07 Å². The third-order valence-electron chi connectivity index (χ3n) is 3.38. The number of amides is 1. The Balaban J connectivity index is 2.21. The van der Waals surface area contributed by atoms with Gasteiger partial charge in [-0.3, -0.25) is 4.79 Å². The second-order valence-electron chi connectivity index (χ2n) is 5.72. The molecule has 1 N–H and O–H groups in total. The molecule has 0 aliphatic carbocycles. The van der Waals surface area contributed by atoms with E-state index in [0.717, 1.165) is 18.8 Å². The van der Waals surface area contributed by atoms with Crippen molar-refractivity contribution in [1.82, 2.24) is 15.3 Å². The predicted octanol–water partition coefficient (Wildman–Crippen LogP) is 2.30. The molecule has 2 heterocycles. The van der Waals surface area contributed by atoms with Gasteiger partial charge in [0.1, 0.15) is 5.69 Å². The second kappa shape index (κ2) is 6.68. The first-order valence-electron chi connectivity index (χ1n) is 7.48. The van der Waals surface area contributed by atoms with Gasteiger partial charge in [-0.1, -0.05) is 12.8 Å². The quantitative estimate of drug-likeness (QED) is 0.920. The Morgan fingerprint density at radius 3 is 2.45 bits per heavy atom. The summed E-state index contributed by atoms with van der Waals surface area (Å²) in [6, 6.07) is 1.86. The van der Waals surface area contributed by atoms with Crippen molar-refractivity contribution in [2.75, 3.05) is 18.0 Å². The molecule has 0 aromatic carbocycles. The van der Waals surface area contributed by atoms with Crippen LogP contribution in [-0.4, -0.2) is 35.0 Å². The summed E-state index contributed by atoms with van der Waals surface area (Å²) >= 11 is 0. The molecule has 0 bridgehead atoms. The highest BCUT2D eigenvalue weighted by Gasteiger charge is 2.16. The standard InChI is InChI=1S/C15H24N4O/c1-11(2)16-14(20)13-10-12(3)17-15(18-13)19-8-6-4-5-7-9-19/h10-11H,4-9H2,1-3H3,(H,16,20). The van der Waals surface area contributed by atoms with Crippen LogP contribution in [0, 0.1) is 6.92 Å². The van der Waals surface area contributed by atoms with Gasteiger partial charge in [-0.25, -0.2) is 9.97 Å². The molecule has 1 amide bonds. The number of hydrogen-bond donors (Lipinski definition) is 1. The highest BCUT2D eigenvalue weighted by Crippen LogP contribution is 2.16. The van der Waals surface area contributed by atoms with Crippen molar-refractivity contribution in [3.05, 3.63) is 17.5 Å². The summed E-state index contributed by atoms with van der Waals surface area (Å²) in [6.07, 6.45) is 4.88. The molecule has 0 saturated carbocycles. The lowest BCUT2D eigenvalue weighted by molar-refractivity contribution is 0.0938. The molecule has 20 heavy (non-hydrogen) atoms. The SMILES string of the molecule is Cc1cc(C(=O)NC(C)C)nc(N2CCCCCC2)n1. The summed E-state index contributed by atoms with van der Waals surface area (Å²) in [7, 11) is 0. The number of anilines is 1. The minimum absolute atomic E-state index is 0.111. The Morgan fingerprint density at radius 1 is 1.20 bits per heavy atom. The van der Waals surface area contributed by atoms with Gasteiger partial charge in [-0.05, 0) is 39.7 Å². The molecular formula is C15H24N4O. The smallest absolute Gasteiger partial charge is 0.270 e. The molecule has 1 fully saturated rings. The highest BCUT2D eigenvalue weighted by molar-refractivity contribution is 5.92. The lowest BCUT2D eigenvalue weighted by Gasteiger charge is -2.21. The van der Waals surface area contributed by atoms with Crippen LogP contribution >= 0.6 is 0 Å². The Morgan fingerprint density at radius 2 is 1.85 bits per heavy atom. The first kappa shape index (κ1) is 14.8. The molecule has 1 aliphatic rings. The van der Waals surface area contributed by atoms with Gasteiger partial charge in [0.05, 0.1) is 0 Å². The first-order valence-corrected chi connectivity index (χ1v) is 7.48. The number of hydrogen-bond acceptors (Lipinski definition) is 4. The molecule has 0 unspecified atom stereocenters. The highest BCUT2D eigenvalue weighted by atomic mass is 16.1. The first-order chi connectivity index (χ1) is 9.56. The lowest BCUT2D eigenvalue weighted by atomic mass is 10.2. The minimum atomic E-state index is -0.124. The van der Waals surface area contributed by atoms with Crippen LogP contribution in [0.2, 0.25) is 0 Å². The number of nitrogens with one attached hydrogen (secondary N) is 1. The maximum absolute atomic E-state index is 12.1. The predicted molar refractivity (Wildman–Crippen MR) is 80.1 cm³/mol. The fourth-order valence-electron chi connectivity index (χ4n) is 2.42. The van der Waals surface area contributed by atoms with Crippen molar-refractivity contribution in [2.45, 2.75) is 52.5 Å². The average molecular weight is 276 g/mol. The number of aromatic nitrogens is 2. The van der Waals surface area contributed by atoms with E-state index in [1.54, 1.807) is 6.07 Å². The van der Waals surface area contributed by atoms with Crippen molar-refractivity contribution >= 4 is 11.9 Å². The van der Waals surface area contributed by atoms with E-state index >= 15 is 0 Å². The van der Waals surface area contributed by atoms with Gasteiger partial charge in [-0.15, -0.1) is 0 Å². The molecule has 0 atom stereocenters. The number of nitrogens with zero attached hydrogens (tertiary/aromatic N) is 3. The molecule has 5 nitrogen and oxygen atoms in total. The molecule has 1 aromatic rings. The maximum Gasteiger partial charge on any atom is 0.270 e. The second-order valence-corrected chi connectivity index (χ2v) is 5.72. The van der Waals surface area contributed by atoms with Gasteiger partial charge in [0.15, 0.2) is 0 Å². The van der Waals surface area contributed by atoms with Crippen molar-refractivity contribution in [3.8, 4) is 0 Å². The minimum Gasteiger partial charge on any atom is -0.349 e. The Labute approximate surface area is 120 Å². The van der Waals surface area contributed by atoms with Crippen LogP contribution in [0.4, 0.5) is 5.95 Å². The van der Waals surface area contributed by atoms with Crippen LogP contribution in [0.25, 0.3) is 0 Å². The summed E-state index contributed by atoms with van der Waals surface area (Å²) in [5.74, 6) is 0.572. The molecule has 5 heteroatoms. The van der Waals surface area contributed by atoms with Gasteiger partial charge in [-0.2, -0.15) is 0 Å². The lowest BCUT2D eigenvalue weighted by Crippen LogP contribution is -2.32. The van der Waals surface area contributed by atoms with Gasteiger partial charge >= 0.3 is 0 Å². The fraction of sp³-hybridized carbons (Fsp3) is 0.667. The van der Waals surface area contributed by atoms with Crippen LogP contribution in [0.1, 0.15) is 55.7 Å². The number of aryl methyl sites for hydroxylation is 1. The summed E-state index contributed by atoms with van der Waals surface area (Å²) in [6.45, 7) is 7.77. The zero-order valence-electron chi connectivity index (χ0n) is 12.6. The normalized spacial score (nSPS) is 16.1. The molecule has 1 saturated heterocycles. The fourth-order valence-corrected chi connectivity index (χ4v) is 2.42. The van der Waals surface area contributed by atoms with Gasteiger partial charge in [0, 0.05) is 24.8 Å². The molecule has 1 aliphatic heterocycles. The van der Waals surface area contributed by atoms with E-state index < -0.39 is 0 Å². The van der Waals surface area contributed by atoms with E-state index in [2.05, 4.69) is 20.2 Å². The molecule has 0 spiro atoms. The van der Waals surface area contributed by atoms with Crippen LogP contribution in [0.3, 0.4) is 0 Å². The van der Waals surface area contributed by atoms with Crippen LogP contribution in [-0.2, 0) is 0 Å². The number of carbonyl (C=O) groups excluding carboxylic acids is 1. The van der Waals surface area contributed by atoms with Gasteiger partial charge in [0.25, 0.3) is 5.91 Å². The van der Waals surface area contributed by atoms with E-state index in [1.807, 2.05) is 20.8 Å². The Hall–Kier alpha value is -1.65. The summed E-state index contributed by atoms with van der Waals surface area (Å²) in [5.41, 5.74) is 1.30. The Bertz CT molecular complexity index is 465. The van der Waals surface area contributed by atoms with E-state index in [0.29, 0.717) is 11.6 Å². The van der Waals surface area contributed by atoms with Crippen molar-refractivity contribution in [1.29, 1.82) is 0 Å². The van der Waals surface area contributed by atoms with E-state index in [9.17, 15) is 4.79 Å². The topological polar surface area (TPSA) is 58.1 Å². The summed E-state index contributed by atoms with van der Waals surface area (Å²) in [4.78, 5) is 23.2. The van der Waals surface area contributed by atoms with Crippen molar-refractivity contribution in [2.24, 2.45) is 0 Å². The third-order valence-corrected chi connectivity index (χ3v) is 3.38. The zero-order chi connectivity index (χ0) is 14.5. The molecule has 0 radical (unpaired) electrons. The van der Waals surface area contributed by atoms with Crippen molar-refractivity contribution in [3.63, 3.8) is 0 Å². The van der Waals surface area contributed by atoms with Gasteiger partial charge in [0.2, 0.25) is 5.95 Å². The average Bonchev–Trinajstić information content (AvgIpc) is 2.66. The van der Waals surface area contributed by atoms with Crippen LogP contribution < -0.4 is 10.2 Å². The van der Waals surface area contributed by atoms with Gasteiger partial charge < -0.3 is 10.2 Å². The largest absolute Gasteiger partial charge is 0.349 e.